The number of amides is 1. The number of aryl methyl sites for hydroxylation is 1. The van der Waals surface area contributed by atoms with Gasteiger partial charge in [0.15, 0.2) is 11.7 Å². The number of carbonyl (C=O) groups is 1. The number of carbonyl (C=O) groups excluding carboxylic acids is 1. The molecule has 0 bridgehead atoms. The van der Waals surface area contributed by atoms with Gasteiger partial charge in [0.25, 0.3) is 0 Å². The molecule has 0 atom stereocenters. The van der Waals surface area contributed by atoms with Gasteiger partial charge < -0.3 is 14.6 Å². The van der Waals surface area contributed by atoms with Gasteiger partial charge in [-0.05, 0) is 36.4 Å². The third-order valence-corrected chi connectivity index (χ3v) is 3.91. The third-order valence-electron chi connectivity index (χ3n) is 3.91. The van der Waals surface area contributed by atoms with E-state index in [4.69, 9.17) is 4.42 Å². The Bertz CT molecular complexity index is 888. The molecular formula is C20H20FN3O2. The molecule has 0 saturated carbocycles. The summed E-state index contributed by atoms with van der Waals surface area (Å²) in [7, 11) is 3.85. The molecule has 0 spiro atoms. The van der Waals surface area contributed by atoms with Crippen molar-refractivity contribution in [1.82, 2.24) is 4.98 Å². The SMILES string of the molecule is CN(C)c1ccccc1NC(=O)CCc1ncc(-c2ccc(F)cc2)o1. The fourth-order valence-corrected chi connectivity index (χ4v) is 2.58. The minimum Gasteiger partial charge on any atom is -0.441 e. The normalized spacial score (nSPS) is 10.6. The van der Waals surface area contributed by atoms with Crippen molar-refractivity contribution in [2.75, 3.05) is 24.3 Å². The van der Waals surface area contributed by atoms with Crippen molar-refractivity contribution in [3.05, 3.63) is 66.4 Å². The first-order chi connectivity index (χ1) is 12.5. The van der Waals surface area contributed by atoms with Crippen LogP contribution in [0.1, 0.15) is 12.3 Å². The zero-order chi connectivity index (χ0) is 18.5. The first-order valence-corrected chi connectivity index (χ1v) is 8.30. The Balaban J connectivity index is 1.59. The van der Waals surface area contributed by atoms with Crippen molar-refractivity contribution in [3.8, 4) is 11.3 Å². The van der Waals surface area contributed by atoms with Crippen LogP contribution in [0.5, 0.6) is 0 Å². The van der Waals surface area contributed by atoms with Crippen LogP contribution in [0.3, 0.4) is 0 Å². The Kier molecular flexibility index (Phi) is 5.31. The lowest BCUT2D eigenvalue weighted by Gasteiger charge is -2.17. The van der Waals surface area contributed by atoms with Gasteiger partial charge in [0.2, 0.25) is 5.91 Å². The van der Waals surface area contributed by atoms with Crippen LogP contribution >= 0.6 is 0 Å². The third kappa shape index (κ3) is 4.27. The van der Waals surface area contributed by atoms with Crippen molar-refractivity contribution in [3.63, 3.8) is 0 Å². The van der Waals surface area contributed by atoms with Crippen LogP contribution in [0, 0.1) is 5.82 Å². The Morgan fingerprint density at radius 2 is 1.88 bits per heavy atom. The molecular weight excluding hydrogens is 333 g/mol. The van der Waals surface area contributed by atoms with Gasteiger partial charge in [-0.2, -0.15) is 0 Å². The van der Waals surface area contributed by atoms with Gasteiger partial charge in [0.05, 0.1) is 17.6 Å². The average Bonchev–Trinajstić information content (AvgIpc) is 3.10. The van der Waals surface area contributed by atoms with Gasteiger partial charge >= 0.3 is 0 Å². The van der Waals surface area contributed by atoms with E-state index in [1.165, 1.54) is 12.1 Å². The van der Waals surface area contributed by atoms with E-state index in [0.29, 0.717) is 18.1 Å². The second kappa shape index (κ2) is 7.82. The molecule has 26 heavy (non-hydrogen) atoms. The van der Waals surface area contributed by atoms with Gasteiger partial charge in [0.1, 0.15) is 5.82 Å². The Hall–Kier alpha value is -3.15. The van der Waals surface area contributed by atoms with E-state index in [0.717, 1.165) is 16.9 Å². The molecule has 5 nitrogen and oxygen atoms in total. The van der Waals surface area contributed by atoms with Crippen LogP contribution in [-0.4, -0.2) is 25.0 Å². The highest BCUT2D eigenvalue weighted by molar-refractivity contribution is 5.94. The first kappa shape index (κ1) is 17.7. The molecule has 2 aromatic carbocycles. The Morgan fingerprint density at radius 1 is 1.15 bits per heavy atom. The van der Waals surface area contributed by atoms with E-state index in [-0.39, 0.29) is 18.1 Å². The fourth-order valence-electron chi connectivity index (χ4n) is 2.58. The maximum absolute atomic E-state index is 13.0. The molecule has 134 valence electrons. The van der Waals surface area contributed by atoms with Crippen LogP contribution in [-0.2, 0) is 11.2 Å². The minimum absolute atomic E-state index is 0.110. The fraction of sp³-hybridized carbons (Fsp3) is 0.200. The summed E-state index contributed by atoms with van der Waals surface area (Å²) in [6, 6.07) is 13.6. The molecule has 1 N–H and O–H groups in total. The Morgan fingerprint density at radius 3 is 2.62 bits per heavy atom. The van der Waals surface area contributed by atoms with E-state index in [9.17, 15) is 9.18 Å². The van der Waals surface area contributed by atoms with Gasteiger partial charge in [-0.25, -0.2) is 9.37 Å². The maximum atomic E-state index is 13.0. The largest absolute Gasteiger partial charge is 0.441 e. The molecule has 6 heteroatoms. The van der Waals surface area contributed by atoms with Crippen LogP contribution in [0.25, 0.3) is 11.3 Å². The number of anilines is 2. The summed E-state index contributed by atoms with van der Waals surface area (Å²) in [6.07, 6.45) is 2.23. The maximum Gasteiger partial charge on any atom is 0.224 e. The summed E-state index contributed by atoms with van der Waals surface area (Å²) in [4.78, 5) is 18.4. The van der Waals surface area contributed by atoms with Crippen LogP contribution < -0.4 is 10.2 Å². The van der Waals surface area contributed by atoms with Crippen molar-refractivity contribution < 1.29 is 13.6 Å². The topological polar surface area (TPSA) is 58.4 Å². The number of oxazole rings is 1. The number of hydrogen-bond acceptors (Lipinski definition) is 4. The van der Waals surface area contributed by atoms with Crippen LogP contribution in [0.2, 0.25) is 0 Å². The predicted molar refractivity (Wildman–Crippen MR) is 99.6 cm³/mol. The molecule has 0 aliphatic rings. The number of aromatic nitrogens is 1. The number of rotatable bonds is 6. The molecule has 3 rings (SSSR count). The number of halogens is 1. The predicted octanol–water partition coefficient (Wildman–Crippen LogP) is 4.12. The molecule has 1 heterocycles. The van der Waals surface area contributed by atoms with E-state index in [1.807, 2.05) is 43.3 Å². The number of benzene rings is 2. The second-order valence-electron chi connectivity index (χ2n) is 6.08. The van der Waals surface area contributed by atoms with Crippen LogP contribution in [0.4, 0.5) is 15.8 Å². The molecule has 0 aliphatic carbocycles. The quantitative estimate of drug-likeness (QED) is 0.724. The van der Waals surface area contributed by atoms with Crippen molar-refractivity contribution in [2.45, 2.75) is 12.8 Å². The van der Waals surface area contributed by atoms with Gasteiger partial charge in [0, 0.05) is 32.5 Å². The minimum atomic E-state index is -0.303. The molecule has 0 saturated heterocycles. The zero-order valence-electron chi connectivity index (χ0n) is 14.7. The number of hydrogen-bond donors (Lipinski definition) is 1. The van der Waals surface area contributed by atoms with Gasteiger partial charge in [-0.3, -0.25) is 4.79 Å². The molecule has 0 radical (unpaired) electrons. The average molecular weight is 353 g/mol. The highest BCUT2D eigenvalue weighted by atomic mass is 19.1. The van der Waals surface area contributed by atoms with E-state index < -0.39 is 0 Å². The van der Waals surface area contributed by atoms with Crippen LogP contribution in [0.15, 0.2) is 59.1 Å². The first-order valence-electron chi connectivity index (χ1n) is 8.30. The summed E-state index contributed by atoms with van der Waals surface area (Å²) in [5.41, 5.74) is 2.45. The molecule has 0 fully saturated rings. The van der Waals surface area contributed by atoms with Crippen molar-refractivity contribution in [2.24, 2.45) is 0 Å². The van der Waals surface area contributed by atoms with Crippen molar-refractivity contribution in [1.29, 1.82) is 0 Å². The number of para-hydroxylation sites is 2. The lowest BCUT2D eigenvalue weighted by molar-refractivity contribution is -0.116. The number of nitrogens with one attached hydrogen (secondary N) is 1. The highest BCUT2D eigenvalue weighted by Gasteiger charge is 2.11. The highest BCUT2D eigenvalue weighted by Crippen LogP contribution is 2.24. The Labute approximate surface area is 151 Å². The lowest BCUT2D eigenvalue weighted by Crippen LogP contribution is -2.16. The molecule has 1 aromatic heterocycles. The molecule has 0 aliphatic heterocycles. The molecule has 0 unspecified atom stereocenters. The summed E-state index contributed by atoms with van der Waals surface area (Å²) >= 11 is 0. The van der Waals surface area contributed by atoms with E-state index >= 15 is 0 Å². The lowest BCUT2D eigenvalue weighted by atomic mass is 10.2. The summed E-state index contributed by atoms with van der Waals surface area (Å²) < 4.78 is 18.6. The smallest absolute Gasteiger partial charge is 0.224 e. The number of nitrogens with zero attached hydrogens (tertiary/aromatic N) is 2. The standard InChI is InChI=1S/C20H20FN3O2/c1-24(2)17-6-4-3-5-16(17)23-19(25)11-12-20-22-13-18(26-20)14-7-9-15(21)10-8-14/h3-10,13H,11-12H2,1-2H3,(H,23,25). The second-order valence-corrected chi connectivity index (χ2v) is 6.08. The van der Waals surface area contributed by atoms with Gasteiger partial charge in [-0.15, -0.1) is 0 Å². The monoisotopic (exact) mass is 353 g/mol. The van der Waals surface area contributed by atoms with E-state index in [1.54, 1.807) is 18.3 Å². The van der Waals surface area contributed by atoms with Gasteiger partial charge in [-0.1, -0.05) is 12.1 Å². The van der Waals surface area contributed by atoms with E-state index in [2.05, 4.69) is 10.3 Å². The zero-order valence-corrected chi connectivity index (χ0v) is 14.7. The summed E-state index contributed by atoms with van der Waals surface area (Å²) in [5.74, 6) is 0.614. The molecule has 1 amide bonds. The van der Waals surface area contributed by atoms with Crippen molar-refractivity contribution >= 4 is 17.3 Å². The summed E-state index contributed by atoms with van der Waals surface area (Å²) in [5, 5.41) is 2.92. The molecule has 3 aromatic rings. The summed E-state index contributed by atoms with van der Waals surface area (Å²) in [6.45, 7) is 0.